The molecule has 6 nitrogen and oxygen atoms in total. The minimum atomic E-state index is -0.405. The van der Waals surface area contributed by atoms with Gasteiger partial charge in [0, 0.05) is 31.1 Å². The number of nitro benzene ring substituents is 1. The number of nitrogens with one attached hydrogen (secondary N) is 1. The van der Waals surface area contributed by atoms with Crippen molar-refractivity contribution in [3.05, 3.63) is 70.0 Å². The molecule has 0 aliphatic heterocycles. The first-order valence-electron chi connectivity index (χ1n) is 7.08. The lowest BCUT2D eigenvalue weighted by atomic mass is 10.1. The molecule has 1 N–H and O–H groups in total. The minimum Gasteiger partial charge on any atom is -0.352 e. The Bertz CT molecular complexity index is 627. The molecule has 1 aromatic heterocycles. The Morgan fingerprint density at radius 1 is 1.18 bits per heavy atom. The fraction of sp³-hybridized carbons (Fsp3) is 0.250. The van der Waals surface area contributed by atoms with E-state index in [1.807, 2.05) is 0 Å². The Labute approximate surface area is 128 Å². The van der Waals surface area contributed by atoms with Crippen LogP contribution >= 0.6 is 0 Å². The van der Waals surface area contributed by atoms with Gasteiger partial charge in [-0.15, -0.1) is 0 Å². The van der Waals surface area contributed by atoms with Gasteiger partial charge >= 0.3 is 0 Å². The molecule has 0 aliphatic rings. The van der Waals surface area contributed by atoms with Gasteiger partial charge in [0.15, 0.2) is 0 Å². The molecule has 0 fully saturated rings. The van der Waals surface area contributed by atoms with Crippen molar-refractivity contribution in [2.24, 2.45) is 0 Å². The van der Waals surface area contributed by atoms with Gasteiger partial charge in [0.2, 0.25) is 0 Å². The van der Waals surface area contributed by atoms with Crippen LogP contribution in [0, 0.1) is 10.1 Å². The lowest BCUT2D eigenvalue weighted by molar-refractivity contribution is -0.384. The highest BCUT2D eigenvalue weighted by Gasteiger charge is 2.05. The molecule has 1 heterocycles. The predicted molar refractivity (Wildman–Crippen MR) is 82.6 cm³/mol. The van der Waals surface area contributed by atoms with Gasteiger partial charge in [-0.3, -0.25) is 19.9 Å². The van der Waals surface area contributed by atoms with Gasteiger partial charge in [0.1, 0.15) is 0 Å². The van der Waals surface area contributed by atoms with Crippen molar-refractivity contribution in [2.75, 3.05) is 6.54 Å². The number of hydrogen-bond donors (Lipinski definition) is 1. The number of pyridine rings is 1. The molecule has 0 atom stereocenters. The summed E-state index contributed by atoms with van der Waals surface area (Å²) in [4.78, 5) is 25.8. The Kier molecular flexibility index (Phi) is 5.59. The number of carbonyl (C=O) groups excluding carboxylic acids is 1. The summed E-state index contributed by atoms with van der Waals surface area (Å²) in [5.74, 6) is -0.122. The highest BCUT2D eigenvalue weighted by Crippen LogP contribution is 2.13. The van der Waals surface area contributed by atoms with Gasteiger partial charge in [0.05, 0.1) is 10.5 Å². The molecule has 0 radical (unpaired) electrons. The summed E-state index contributed by atoms with van der Waals surface area (Å²) in [5, 5.41) is 13.4. The van der Waals surface area contributed by atoms with Crippen LogP contribution in [-0.4, -0.2) is 22.4 Å². The quantitative estimate of drug-likeness (QED) is 0.484. The number of unbranched alkanes of at least 4 members (excludes halogenated alkanes) is 1. The van der Waals surface area contributed by atoms with Gasteiger partial charge in [-0.25, -0.2) is 0 Å². The molecule has 0 unspecified atom stereocenters. The lowest BCUT2D eigenvalue weighted by Crippen LogP contribution is -2.24. The molecular weight excluding hydrogens is 282 g/mol. The van der Waals surface area contributed by atoms with Gasteiger partial charge < -0.3 is 5.32 Å². The van der Waals surface area contributed by atoms with E-state index in [1.54, 1.807) is 30.5 Å². The number of nitro groups is 1. The SMILES string of the molecule is O=C(NCCCCc1ccc([N+](=O)[O-])cc1)c1cccnc1. The maximum absolute atomic E-state index is 11.8. The van der Waals surface area contributed by atoms with E-state index in [0.717, 1.165) is 24.8 Å². The maximum Gasteiger partial charge on any atom is 0.269 e. The molecule has 0 bridgehead atoms. The third-order valence-corrected chi connectivity index (χ3v) is 3.25. The van der Waals surface area contributed by atoms with E-state index in [0.29, 0.717) is 12.1 Å². The number of benzene rings is 1. The van der Waals surface area contributed by atoms with E-state index in [2.05, 4.69) is 10.3 Å². The number of amides is 1. The van der Waals surface area contributed by atoms with Crippen molar-refractivity contribution in [3.8, 4) is 0 Å². The van der Waals surface area contributed by atoms with E-state index < -0.39 is 4.92 Å². The standard InChI is InChI=1S/C16H17N3O3/c20-16(14-5-3-10-17-12-14)18-11-2-1-4-13-6-8-15(9-7-13)19(21)22/h3,5-10,12H,1-2,4,11H2,(H,18,20). The number of aromatic nitrogens is 1. The van der Waals surface area contributed by atoms with Crippen molar-refractivity contribution < 1.29 is 9.72 Å². The third-order valence-electron chi connectivity index (χ3n) is 3.25. The minimum absolute atomic E-state index is 0.104. The van der Waals surface area contributed by atoms with Gasteiger partial charge in [-0.05, 0) is 37.0 Å². The number of aryl methyl sites for hydroxylation is 1. The topological polar surface area (TPSA) is 85.1 Å². The smallest absolute Gasteiger partial charge is 0.269 e. The fourth-order valence-electron chi connectivity index (χ4n) is 2.04. The second kappa shape index (κ2) is 7.87. The Hall–Kier alpha value is -2.76. The largest absolute Gasteiger partial charge is 0.352 e. The van der Waals surface area contributed by atoms with Crippen LogP contribution in [0.3, 0.4) is 0 Å². The van der Waals surface area contributed by atoms with Crippen LogP contribution in [0.4, 0.5) is 5.69 Å². The van der Waals surface area contributed by atoms with Crippen LogP contribution in [0.5, 0.6) is 0 Å². The van der Waals surface area contributed by atoms with E-state index in [1.165, 1.54) is 18.3 Å². The summed E-state index contributed by atoms with van der Waals surface area (Å²) in [6.07, 6.45) is 5.75. The summed E-state index contributed by atoms with van der Waals surface area (Å²) in [6.45, 7) is 0.598. The molecule has 0 spiro atoms. The van der Waals surface area contributed by atoms with Gasteiger partial charge in [-0.2, -0.15) is 0 Å². The average Bonchev–Trinajstić information content (AvgIpc) is 2.55. The van der Waals surface area contributed by atoms with E-state index in [9.17, 15) is 14.9 Å². The van der Waals surface area contributed by atoms with Crippen LogP contribution in [0.25, 0.3) is 0 Å². The molecule has 0 saturated heterocycles. The van der Waals surface area contributed by atoms with E-state index in [4.69, 9.17) is 0 Å². The average molecular weight is 299 g/mol. The number of rotatable bonds is 7. The summed E-state index contributed by atoms with van der Waals surface area (Å²) < 4.78 is 0. The molecule has 0 aliphatic carbocycles. The molecule has 1 aromatic carbocycles. The highest BCUT2D eigenvalue weighted by molar-refractivity contribution is 5.93. The second-order valence-electron chi connectivity index (χ2n) is 4.88. The van der Waals surface area contributed by atoms with Crippen LogP contribution < -0.4 is 5.32 Å². The predicted octanol–water partition coefficient (Wildman–Crippen LogP) is 2.74. The first kappa shape index (κ1) is 15.6. The summed E-state index contributed by atoms with van der Waals surface area (Å²) >= 11 is 0. The zero-order valence-corrected chi connectivity index (χ0v) is 12.1. The number of hydrogen-bond acceptors (Lipinski definition) is 4. The first-order chi connectivity index (χ1) is 10.7. The summed E-state index contributed by atoms with van der Waals surface area (Å²) in [7, 11) is 0. The number of non-ortho nitro benzene ring substituents is 1. The van der Waals surface area contributed by atoms with Gasteiger partial charge in [0.25, 0.3) is 11.6 Å². The molecule has 1 amide bonds. The van der Waals surface area contributed by atoms with Crippen molar-refractivity contribution in [1.82, 2.24) is 10.3 Å². The lowest BCUT2D eigenvalue weighted by Gasteiger charge is -2.05. The van der Waals surface area contributed by atoms with Gasteiger partial charge in [-0.1, -0.05) is 12.1 Å². The molecule has 6 heteroatoms. The highest BCUT2D eigenvalue weighted by atomic mass is 16.6. The van der Waals surface area contributed by atoms with Crippen molar-refractivity contribution >= 4 is 11.6 Å². The number of nitrogens with zero attached hydrogens (tertiary/aromatic N) is 2. The molecule has 2 rings (SSSR count). The Morgan fingerprint density at radius 3 is 2.59 bits per heavy atom. The zero-order valence-electron chi connectivity index (χ0n) is 12.1. The maximum atomic E-state index is 11.8. The molecule has 2 aromatic rings. The third kappa shape index (κ3) is 4.66. The van der Waals surface area contributed by atoms with Crippen molar-refractivity contribution in [3.63, 3.8) is 0 Å². The fourth-order valence-corrected chi connectivity index (χ4v) is 2.04. The van der Waals surface area contributed by atoms with Crippen LogP contribution in [0.2, 0.25) is 0 Å². The van der Waals surface area contributed by atoms with Crippen LogP contribution in [0.1, 0.15) is 28.8 Å². The summed E-state index contributed by atoms with van der Waals surface area (Å²) in [6, 6.07) is 10.0. The van der Waals surface area contributed by atoms with Crippen LogP contribution in [0.15, 0.2) is 48.8 Å². The number of carbonyl (C=O) groups is 1. The zero-order chi connectivity index (χ0) is 15.8. The molecular formula is C16H17N3O3. The Morgan fingerprint density at radius 2 is 1.95 bits per heavy atom. The molecule has 0 saturated carbocycles. The van der Waals surface area contributed by atoms with Crippen molar-refractivity contribution in [2.45, 2.75) is 19.3 Å². The second-order valence-corrected chi connectivity index (χ2v) is 4.88. The molecule has 114 valence electrons. The monoisotopic (exact) mass is 299 g/mol. The van der Waals surface area contributed by atoms with Crippen molar-refractivity contribution in [1.29, 1.82) is 0 Å². The molecule has 22 heavy (non-hydrogen) atoms. The normalized spacial score (nSPS) is 10.2. The first-order valence-corrected chi connectivity index (χ1v) is 7.08. The summed E-state index contributed by atoms with van der Waals surface area (Å²) in [5.41, 5.74) is 1.72. The van der Waals surface area contributed by atoms with E-state index in [-0.39, 0.29) is 11.6 Å². The van der Waals surface area contributed by atoms with Crippen LogP contribution in [-0.2, 0) is 6.42 Å². The Balaban J connectivity index is 1.67. The van der Waals surface area contributed by atoms with E-state index >= 15 is 0 Å².